The van der Waals surface area contributed by atoms with Crippen LogP contribution in [0.15, 0.2) is 0 Å². The van der Waals surface area contributed by atoms with Crippen LogP contribution >= 0.6 is 7.82 Å². The molecule has 0 bridgehead atoms. The van der Waals surface area contributed by atoms with Gasteiger partial charge in [0.15, 0.2) is 6.10 Å². The van der Waals surface area contributed by atoms with Crippen molar-refractivity contribution in [2.75, 3.05) is 85.3 Å². The minimum Gasteiger partial charge on any atom is -0.756 e. The van der Waals surface area contributed by atoms with Crippen LogP contribution in [0, 0.1) is 39.9 Å². The largest absolute Gasteiger partial charge is 3.00 e. The predicted octanol–water partition coefficient (Wildman–Crippen LogP) is 1.93. The molecule has 74 heavy (non-hydrogen) atoms. The fraction of sp³-hybridized carbons (Fsp3) is 0.863. The fourth-order valence-corrected chi connectivity index (χ4v) is 8.74. The van der Waals surface area contributed by atoms with Gasteiger partial charge in [-0.05, 0) is 12.8 Å². The van der Waals surface area contributed by atoms with Crippen LogP contribution in [0.1, 0.15) is 194 Å². The summed E-state index contributed by atoms with van der Waals surface area (Å²) in [7, 11) is -5.07. The Labute approximate surface area is 473 Å². The molecule has 0 aliphatic carbocycles. The molecule has 0 saturated heterocycles. The second kappa shape index (κ2) is 50.1. The van der Waals surface area contributed by atoms with Gasteiger partial charge in [0.1, 0.15) is 6.61 Å². The van der Waals surface area contributed by atoms with E-state index in [9.17, 15) is 63.4 Å². The Bertz CT molecular complexity index is 1530. The Balaban J connectivity index is 0. The van der Waals surface area contributed by atoms with E-state index < -0.39 is 108 Å². The maximum absolute atomic E-state index is 12.8. The third kappa shape index (κ3) is 50.4. The van der Waals surface area contributed by atoms with Crippen molar-refractivity contribution in [1.29, 1.82) is 0 Å². The van der Waals surface area contributed by atoms with E-state index in [2.05, 4.69) is 19.2 Å². The normalized spacial score (nSPS) is 12.6. The van der Waals surface area contributed by atoms with Crippen molar-refractivity contribution < 1.29 is 122 Å². The number of hydrogen-bond donors (Lipinski definition) is 1. The number of carboxylic acid groups (broad SMARTS) is 4. The summed E-state index contributed by atoms with van der Waals surface area (Å²) in [4.78, 5) is 98.9. The number of nitrogens with one attached hydrogen (secondary N) is 1. The molecule has 0 heterocycles. The average molecular weight is 1220 g/mol. The average Bonchev–Trinajstić information content (AvgIpc) is 3.31. The summed E-state index contributed by atoms with van der Waals surface area (Å²) >= 11 is 0. The van der Waals surface area contributed by atoms with Crippen LogP contribution in [-0.2, 0) is 56.6 Å². The zero-order valence-corrected chi connectivity index (χ0v) is 47.8. The maximum Gasteiger partial charge on any atom is 3.00 e. The van der Waals surface area contributed by atoms with E-state index in [1.54, 1.807) is 0 Å². The SMILES string of the molecule is CCCCCCCCCCCCCCCC(=O)OCC(COP(=O)([O-])OCCNC(=O)CN(CCN(CCN(CC(=O)[O-])CC(=O)[O-])CC(=O)[O-])CC(=O)[O-])OC(=O)CCCCCCCCCCCCCCC.[Gd+3]. The molecule has 0 aromatic heterocycles. The van der Waals surface area contributed by atoms with Crippen LogP contribution in [0.4, 0.5) is 0 Å². The molecule has 23 heteroatoms. The van der Waals surface area contributed by atoms with E-state index in [1.165, 1.54) is 108 Å². The molecule has 0 aliphatic heterocycles. The van der Waals surface area contributed by atoms with Crippen LogP contribution in [0.25, 0.3) is 0 Å². The number of unbranched alkanes of at least 4 members (excludes halogenated alkanes) is 24. The number of hydrogen-bond acceptors (Lipinski definition) is 20. The Hall–Kier alpha value is -2.40. The zero-order chi connectivity index (χ0) is 54.4. The zero-order valence-electron chi connectivity index (χ0n) is 44.7. The third-order valence-corrected chi connectivity index (χ3v) is 13.0. The summed E-state index contributed by atoms with van der Waals surface area (Å²) in [5, 5.41) is 47.2. The first-order valence-electron chi connectivity index (χ1n) is 27.1. The van der Waals surface area contributed by atoms with Gasteiger partial charge in [-0.15, -0.1) is 0 Å². The van der Waals surface area contributed by atoms with E-state index in [4.69, 9.17) is 18.5 Å². The molecule has 0 saturated carbocycles. The first-order chi connectivity index (χ1) is 35.0. The third-order valence-electron chi connectivity index (χ3n) is 12.0. The van der Waals surface area contributed by atoms with Gasteiger partial charge in [0.05, 0.1) is 43.6 Å². The second-order valence-corrected chi connectivity index (χ2v) is 20.3. The Kier molecular flexibility index (Phi) is 49.9. The van der Waals surface area contributed by atoms with Crippen molar-refractivity contribution in [3.8, 4) is 0 Å². The van der Waals surface area contributed by atoms with Crippen molar-refractivity contribution in [2.24, 2.45) is 0 Å². The second-order valence-electron chi connectivity index (χ2n) is 18.9. The smallest absolute Gasteiger partial charge is 0.756 e. The fourth-order valence-electron chi connectivity index (χ4n) is 8.01. The minimum atomic E-state index is -5.07. The van der Waals surface area contributed by atoms with Gasteiger partial charge in [-0.25, -0.2) is 0 Å². The van der Waals surface area contributed by atoms with Gasteiger partial charge >= 0.3 is 51.9 Å². The number of phosphoric acid groups is 1. The van der Waals surface area contributed by atoms with Crippen LogP contribution in [0.3, 0.4) is 0 Å². The molecule has 0 aromatic rings. The first kappa shape index (κ1) is 73.7. The number of carboxylic acids is 4. The summed E-state index contributed by atoms with van der Waals surface area (Å²) < 4.78 is 33.5. The van der Waals surface area contributed by atoms with Gasteiger partial charge in [-0.3, -0.25) is 33.6 Å². The number of nitrogens with zero attached hydrogens (tertiary/aromatic N) is 3. The van der Waals surface area contributed by atoms with Crippen LogP contribution in [-0.4, -0.2) is 148 Å². The number of rotatable bonds is 54. The van der Waals surface area contributed by atoms with Crippen molar-refractivity contribution in [3.63, 3.8) is 0 Å². The quantitative estimate of drug-likeness (QED) is 0.0517. The van der Waals surface area contributed by atoms with Gasteiger partial charge < -0.3 is 68.3 Å². The standard InChI is InChI=1S/C51H95N4O17P.Gd/c1-3-5-7-9-11-13-15-17-19-21-23-25-27-29-50(65)69-42-44(72-51(66)30-28-26-24-22-20-18-16-14-12-10-8-6-4-2)43-71-73(67,68)70-36-31-52-45(56)37-54(39-47(59)60)34-32-53(38-46(57)58)33-35-55(40-48(61)62)41-49(63)64;/h44H,3-43H2,1-2H3,(H,52,56)(H,57,58)(H,59,60)(H,61,62)(H,63,64)(H,67,68);/q;+3/p-5. The van der Waals surface area contributed by atoms with Crippen molar-refractivity contribution in [1.82, 2.24) is 20.0 Å². The molecular formula is C51H90GdN4O17P-2. The molecule has 0 aliphatic rings. The molecule has 1 N–H and O–H groups in total. The molecule has 431 valence electrons. The summed E-state index contributed by atoms with van der Waals surface area (Å²) in [6.07, 6.45) is 28.7. The predicted molar refractivity (Wildman–Crippen MR) is 263 cm³/mol. The minimum absolute atomic E-state index is 0. The molecule has 2 atom stereocenters. The number of amides is 1. The van der Waals surface area contributed by atoms with Crippen LogP contribution in [0.2, 0.25) is 0 Å². The first-order valence-corrected chi connectivity index (χ1v) is 28.6. The topological polar surface area (TPSA) is 311 Å². The number of esters is 2. The molecule has 0 rings (SSSR count). The summed E-state index contributed by atoms with van der Waals surface area (Å²) in [5.74, 6) is -8.16. The maximum atomic E-state index is 12.8. The van der Waals surface area contributed by atoms with Crippen molar-refractivity contribution in [3.05, 3.63) is 0 Å². The van der Waals surface area contributed by atoms with Crippen molar-refractivity contribution >= 4 is 49.5 Å². The van der Waals surface area contributed by atoms with E-state index in [-0.39, 0.29) is 85.5 Å². The molecule has 1 radical (unpaired) electrons. The Morgan fingerprint density at radius 1 is 0.459 bits per heavy atom. The van der Waals surface area contributed by atoms with Crippen molar-refractivity contribution in [2.45, 2.75) is 200 Å². The molecule has 2 unspecified atom stereocenters. The molecule has 0 spiro atoms. The van der Waals surface area contributed by atoms with Gasteiger partial charge in [-0.1, -0.05) is 168 Å². The van der Waals surface area contributed by atoms with Crippen LogP contribution in [0.5, 0.6) is 0 Å². The number of aliphatic carboxylic acids is 4. The molecular weight excluding hydrogens is 1130 g/mol. The Morgan fingerprint density at radius 2 is 0.797 bits per heavy atom. The van der Waals surface area contributed by atoms with Gasteiger partial charge in [-0.2, -0.15) is 0 Å². The van der Waals surface area contributed by atoms with Gasteiger partial charge in [0.25, 0.3) is 7.82 Å². The summed E-state index contributed by atoms with van der Waals surface area (Å²) in [6.45, 7) is -2.16. The van der Waals surface area contributed by atoms with E-state index in [0.717, 1.165) is 61.2 Å². The Morgan fingerprint density at radius 3 is 1.19 bits per heavy atom. The number of carbonyl (C=O) groups excluding carboxylic acids is 7. The van der Waals surface area contributed by atoms with Gasteiger partial charge in [0, 0.05) is 71.7 Å². The van der Waals surface area contributed by atoms with E-state index in [1.807, 2.05) is 0 Å². The van der Waals surface area contributed by atoms with E-state index in [0.29, 0.717) is 12.8 Å². The summed E-state index contributed by atoms with van der Waals surface area (Å²) in [5.41, 5.74) is 0. The number of ether oxygens (including phenoxy) is 2. The number of phosphoric ester groups is 1. The van der Waals surface area contributed by atoms with Gasteiger partial charge in [0.2, 0.25) is 5.91 Å². The monoisotopic (exact) mass is 1220 g/mol. The molecule has 1 amide bonds. The summed E-state index contributed by atoms with van der Waals surface area (Å²) in [6, 6.07) is 0. The van der Waals surface area contributed by atoms with Crippen LogP contribution < -0.4 is 30.6 Å². The van der Waals surface area contributed by atoms with E-state index >= 15 is 0 Å². The molecule has 0 fully saturated rings. The number of carbonyl (C=O) groups is 7. The molecule has 0 aromatic carbocycles. The molecule has 21 nitrogen and oxygen atoms in total.